The zero-order valence-corrected chi connectivity index (χ0v) is 12.1. The molecule has 0 N–H and O–H groups in total. The van der Waals surface area contributed by atoms with Crippen molar-refractivity contribution in [3.63, 3.8) is 0 Å². The third-order valence-electron chi connectivity index (χ3n) is 4.22. The van der Waals surface area contributed by atoms with E-state index in [1.807, 2.05) is 11.7 Å². The Bertz CT molecular complexity index is 416. The van der Waals surface area contributed by atoms with Gasteiger partial charge in [-0.15, -0.1) is 11.3 Å². The van der Waals surface area contributed by atoms with Crippen molar-refractivity contribution in [2.24, 2.45) is 5.92 Å². The van der Waals surface area contributed by atoms with Crippen LogP contribution in [0.25, 0.3) is 0 Å². The van der Waals surface area contributed by atoms with Gasteiger partial charge in [0.05, 0.1) is 5.51 Å². The summed E-state index contributed by atoms with van der Waals surface area (Å²) in [4.78, 5) is 22.2. The molecular formula is C14H21N3OS. The highest BCUT2D eigenvalue weighted by Crippen LogP contribution is 2.28. The SMILES string of the molecule is O=C(C1CCC1)N1CCCN(Cc2cncs2)CC1. The van der Waals surface area contributed by atoms with Crippen LogP contribution in [0.2, 0.25) is 0 Å². The van der Waals surface area contributed by atoms with E-state index in [1.165, 1.54) is 11.3 Å². The molecule has 2 aliphatic rings. The van der Waals surface area contributed by atoms with Crippen LogP contribution in [0, 0.1) is 5.92 Å². The van der Waals surface area contributed by atoms with Gasteiger partial charge in [-0.25, -0.2) is 0 Å². The number of rotatable bonds is 3. The van der Waals surface area contributed by atoms with Crippen LogP contribution in [0.5, 0.6) is 0 Å². The number of aromatic nitrogens is 1. The highest BCUT2D eigenvalue weighted by molar-refractivity contribution is 7.09. The fraction of sp³-hybridized carbons (Fsp3) is 0.714. The number of hydrogen-bond acceptors (Lipinski definition) is 4. The number of thiazole rings is 1. The number of carbonyl (C=O) groups is 1. The van der Waals surface area contributed by atoms with Crippen molar-refractivity contribution in [2.45, 2.75) is 32.2 Å². The molecule has 4 nitrogen and oxygen atoms in total. The zero-order chi connectivity index (χ0) is 13.1. The summed E-state index contributed by atoms with van der Waals surface area (Å²) >= 11 is 1.71. The van der Waals surface area contributed by atoms with E-state index in [1.54, 1.807) is 11.3 Å². The van der Waals surface area contributed by atoms with Crippen molar-refractivity contribution in [3.05, 3.63) is 16.6 Å². The molecule has 3 rings (SSSR count). The fourth-order valence-electron chi connectivity index (χ4n) is 2.80. The van der Waals surface area contributed by atoms with E-state index in [2.05, 4.69) is 14.8 Å². The normalized spacial score (nSPS) is 22.0. The summed E-state index contributed by atoms with van der Waals surface area (Å²) in [6.07, 6.45) is 6.51. The maximum Gasteiger partial charge on any atom is 0.225 e. The maximum absolute atomic E-state index is 12.3. The van der Waals surface area contributed by atoms with Gasteiger partial charge in [-0.2, -0.15) is 0 Å². The minimum Gasteiger partial charge on any atom is -0.341 e. The summed E-state index contributed by atoms with van der Waals surface area (Å²) in [7, 11) is 0. The molecule has 2 heterocycles. The molecule has 0 aromatic carbocycles. The summed E-state index contributed by atoms with van der Waals surface area (Å²) in [6.45, 7) is 4.90. The minimum atomic E-state index is 0.341. The summed E-state index contributed by atoms with van der Waals surface area (Å²) in [5.74, 6) is 0.749. The van der Waals surface area contributed by atoms with E-state index < -0.39 is 0 Å². The number of amides is 1. The van der Waals surface area contributed by atoms with Gasteiger partial charge in [-0.3, -0.25) is 14.7 Å². The van der Waals surface area contributed by atoms with Crippen LogP contribution in [0.1, 0.15) is 30.6 Å². The number of carbonyl (C=O) groups excluding carboxylic acids is 1. The van der Waals surface area contributed by atoms with Crippen molar-refractivity contribution in [1.29, 1.82) is 0 Å². The Morgan fingerprint density at radius 2 is 2.16 bits per heavy atom. The lowest BCUT2D eigenvalue weighted by Gasteiger charge is -2.31. The molecular weight excluding hydrogens is 258 g/mol. The lowest BCUT2D eigenvalue weighted by Crippen LogP contribution is -2.41. The molecule has 1 aromatic heterocycles. The molecule has 0 spiro atoms. The van der Waals surface area contributed by atoms with Gasteiger partial charge in [0.1, 0.15) is 0 Å². The molecule has 2 fully saturated rings. The molecule has 1 aliphatic heterocycles. The Hall–Kier alpha value is -0.940. The van der Waals surface area contributed by atoms with Gasteiger partial charge in [0, 0.05) is 49.7 Å². The van der Waals surface area contributed by atoms with E-state index >= 15 is 0 Å². The van der Waals surface area contributed by atoms with Gasteiger partial charge in [0.2, 0.25) is 5.91 Å². The van der Waals surface area contributed by atoms with Gasteiger partial charge in [-0.05, 0) is 19.3 Å². The first kappa shape index (κ1) is 13.1. The van der Waals surface area contributed by atoms with Gasteiger partial charge >= 0.3 is 0 Å². The van der Waals surface area contributed by atoms with Crippen LogP contribution >= 0.6 is 11.3 Å². The summed E-state index contributed by atoms with van der Waals surface area (Å²) < 4.78 is 0. The second kappa shape index (κ2) is 6.01. The van der Waals surface area contributed by atoms with Crippen LogP contribution < -0.4 is 0 Å². The van der Waals surface area contributed by atoms with Crippen molar-refractivity contribution in [3.8, 4) is 0 Å². The maximum atomic E-state index is 12.3. The predicted molar refractivity (Wildman–Crippen MR) is 75.9 cm³/mol. The molecule has 1 aliphatic carbocycles. The molecule has 0 unspecified atom stereocenters. The Morgan fingerprint density at radius 3 is 2.84 bits per heavy atom. The van der Waals surface area contributed by atoms with Gasteiger partial charge in [0.25, 0.3) is 0 Å². The lowest BCUT2D eigenvalue weighted by molar-refractivity contribution is -0.138. The molecule has 1 saturated carbocycles. The molecule has 5 heteroatoms. The third-order valence-corrected chi connectivity index (χ3v) is 4.98. The first-order chi connectivity index (χ1) is 9.33. The van der Waals surface area contributed by atoms with Gasteiger partial charge < -0.3 is 4.90 Å². The molecule has 19 heavy (non-hydrogen) atoms. The monoisotopic (exact) mass is 279 g/mol. The van der Waals surface area contributed by atoms with Crippen molar-refractivity contribution >= 4 is 17.2 Å². The third kappa shape index (κ3) is 3.15. The van der Waals surface area contributed by atoms with E-state index in [4.69, 9.17) is 0 Å². The highest BCUT2D eigenvalue weighted by Gasteiger charge is 2.30. The second-order valence-electron chi connectivity index (χ2n) is 5.55. The molecule has 1 amide bonds. The largest absolute Gasteiger partial charge is 0.341 e. The first-order valence-corrected chi connectivity index (χ1v) is 8.09. The van der Waals surface area contributed by atoms with Crippen molar-refractivity contribution < 1.29 is 4.79 Å². The van der Waals surface area contributed by atoms with Crippen LogP contribution in [-0.2, 0) is 11.3 Å². The first-order valence-electron chi connectivity index (χ1n) is 7.21. The van der Waals surface area contributed by atoms with Crippen LogP contribution in [0.3, 0.4) is 0 Å². The van der Waals surface area contributed by atoms with Crippen LogP contribution in [0.4, 0.5) is 0 Å². The van der Waals surface area contributed by atoms with Crippen LogP contribution in [0.15, 0.2) is 11.7 Å². The van der Waals surface area contributed by atoms with Crippen molar-refractivity contribution in [1.82, 2.24) is 14.8 Å². The van der Waals surface area contributed by atoms with E-state index in [0.29, 0.717) is 11.8 Å². The molecule has 0 bridgehead atoms. The number of hydrogen-bond donors (Lipinski definition) is 0. The average Bonchev–Trinajstić information content (AvgIpc) is 2.72. The van der Waals surface area contributed by atoms with Crippen molar-refractivity contribution in [2.75, 3.05) is 26.2 Å². The lowest BCUT2D eigenvalue weighted by atomic mass is 9.84. The zero-order valence-electron chi connectivity index (χ0n) is 11.3. The Labute approximate surface area is 118 Å². The fourth-order valence-corrected chi connectivity index (χ4v) is 3.44. The minimum absolute atomic E-state index is 0.341. The quantitative estimate of drug-likeness (QED) is 0.849. The molecule has 1 aromatic rings. The Kier molecular flexibility index (Phi) is 4.13. The summed E-state index contributed by atoms with van der Waals surface area (Å²) in [5.41, 5.74) is 1.89. The second-order valence-corrected chi connectivity index (χ2v) is 6.52. The van der Waals surface area contributed by atoms with Crippen LogP contribution in [-0.4, -0.2) is 46.9 Å². The van der Waals surface area contributed by atoms with E-state index in [9.17, 15) is 4.79 Å². The summed E-state index contributed by atoms with van der Waals surface area (Å²) in [6, 6.07) is 0. The topological polar surface area (TPSA) is 36.4 Å². The van der Waals surface area contributed by atoms with E-state index in [-0.39, 0.29) is 0 Å². The number of nitrogens with zero attached hydrogens (tertiary/aromatic N) is 3. The molecule has 0 radical (unpaired) electrons. The average molecular weight is 279 g/mol. The summed E-state index contributed by atoms with van der Waals surface area (Å²) in [5, 5.41) is 0. The highest BCUT2D eigenvalue weighted by atomic mass is 32.1. The van der Waals surface area contributed by atoms with E-state index in [0.717, 1.165) is 52.0 Å². The van der Waals surface area contributed by atoms with Gasteiger partial charge in [0.15, 0.2) is 0 Å². The molecule has 104 valence electrons. The standard InChI is InChI=1S/C14H21N3OS/c18-14(12-3-1-4-12)17-6-2-5-16(7-8-17)10-13-9-15-11-19-13/h9,11-12H,1-8,10H2. The Balaban J connectivity index is 1.52. The Morgan fingerprint density at radius 1 is 1.26 bits per heavy atom. The smallest absolute Gasteiger partial charge is 0.225 e. The van der Waals surface area contributed by atoms with Gasteiger partial charge in [-0.1, -0.05) is 6.42 Å². The predicted octanol–water partition coefficient (Wildman–Crippen LogP) is 1.98. The molecule has 1 saturated heterocycles. The molecule has 0 atom stereocenters.